The molecule has 25 heavy (non-hydrogen) atoms. The molecule has 0 atom stereocenters. The lowest BCUT2D eigenvalue weighted by Gasteiger charge is -2.17. The second-order valence-corrected chi connectivity index (χ2v) is 5.07. The van der Waals surface area contributed by atoms with Gasteiger partial charge in [0.25, 0.3) is 0 Å². The minimum atomic E-state index is -2.90. The molecule has 1 aromatic heterocycles. The summed E-state index contributed by atoms with van der Waals surface area (Å²) in [5.41, 5.74) is 6.30. The number of rotatable bonds is 9. The van der Waals surface area contributed by atoms with Gasteiger partial charge in [-0.15, -0.1) is 12.4 Å². The van der Waals surface area contributed by atoms with E-state index in [2.05, 4.69) is 14.9 Å². The first-order valence-corrected chi connectivity index (χ1v) is 7.42. The predicted octanol–water partition coefficient (Wildman–Crippen LogP) is 2.58. The molecule has 1 aromatic carbocycles. The number of hydrogen-bond acceptors (Lipinski definition) is 7. The molecule has 0 spiro atoms. The van der Waals surface area contributed by atoms with Crippen LogP contribution in [0.5, 0.6) is 11.5 Å². The van der Waals surface area contributed by atoms with Crippen LogP contribution in [-0.4, -0.2) is 35.3 Å². The number of ether oxygens (including phenoxy) is 2. The van der Waals surface area contributed by atoms with Gasteiger partial charge < -0.3 is 19.7 Å². The molecule has 2 rings (SSSR count). The van der Waals surface area contributed by atoms with Gasteiger partial charge in [-0.3, -0.25) is 4.90 Å². The SMILES string of the molecule is CCOc1cc(CN(C)Cc2noc(CN)n2)ccc1OC(F)F.Cl. The Labute approximate surface area is 150 Å². The van der Waals surface area contributed by atoms with Crippen molar-refractivity contribution in [1.82, 2.24) is 15.0 Å². The van der Waals surface area contributed by atoms with Crippen molar-refractivity contribution in [2.75, 3.05) is 13.7 Å². The van der Waals surface area contributed by atoms with Crippen LogP contribution in [0, 0.1) is 0 Å². The third-order valence-electron chi connectivity index (χ3n) is 3.07. The van der Waals surface area contributed by atoms with E-state index in [9.17, 15) is 8.78 Å². The van der Waals surface area contributed by atoms with Crippen LogP contribution < -0.4 is 15.2 Å². The number of nitrogens with zero attached hydrogens (tertiary/aromatic N) is 3. The van der Waals surface area contributed by atoms with Crippen LogP contribution in [0.4, 0.5) is 8.78 Å². The standard InChI is InChI=1S/C15H20F2N4O3.ClH/c1-3-22-12-6-10(4-5-11(12)23-15(16)17)8-21(2)9-13-19-14(7-18)24-20-13;/h4-6,15H,3,7-9,18H2,1-2H3;1H. The highest BCUT2D eigenvalue weighted by Crippen LogP contribution is 2.30. The minimum absolute atomic E-state index is 0. The summed E-state index contributed by atoms with van der Waals surface area (Å²) in [6.45, 7) is 0.428. The number of aromatic nitrogens is 2. The highest BCUT2D eigenvalue weighted by atomic mass is 35.5. The zero-order chi connectivity index (χ0) is 17.5. The van der Waals surface area contributed by atoms with Gasteiger partial charge >= 0.3 is 6.61 Å². The molecule has 1 heterocycles. The molecule has 2 N–H and O–H groups in total. The molecular weight excluding hydrogens is 358 g/mol. The van der Waals surface area contributed by atoms with Gasteiger partial charge in [0.05, 0.1) is 19.7 Å². The molecule has 0 amide bonds. The van der Waals surface area contributed by atoms with E-state index in [-0.39, 0.29) is 30.5 Å². The second kappa shape index (κ2) is 10.1. The molecule has 10 heteroatoms. The largest absolute Gasteiger partial charge is 0.490 e. The van der Waals surface area contributed by atoms with Crippen LogP contribution in [0.1, 0.15) is 24.2 Å². The number of nitrogens with two attached hydrogens (primary N) is 1. The van der Waals surface area contributed by atoms with Crippen LogP contribution in [0.2, 0.25) is 0 Å². The fraction of sp³-hybridized carbons (Fsp3) is 0.467. The molecule has 0 radical (unpaired) electrons. The van der Waals surface area contributed by atoms with Gasteiger partial charge in [0.1, 0.15) is 0 Å². The van der Waals surface area contributed by atoms with Crippen LogP contribution >= 0.6 is 12.4 Å². The zero-order valence-electron chi connectivity index (χ0n) is 13.9. The molecule has 0 saturated heterocycles. The van der Waals surface area contributed by atoms with Crippen molar-refractivity contribution in [3.8, 4) is 11.5 Å². The Kier molecular flexibility index (Phi) is 8.53. The molecule has 0 bridgehead atoms. The Morgan fingerprint density at radius 1 is 1.28 bits per heavy atom. The summed E-state index contributed by atoms with van der Waals surface area (Å²) in [7, 11) is 1.88. The van der Waals surface area contributed by atoms with Gasteiger partial charge in [0, 0.05) is 6.54 Å². The van der Waals surface area contributed by atoms with Gasteiger partial charge in [0.15, 0.2) is 17.3 Å². The maximum absolute atomic E-state index is 12.4. The highest BCUT2D eigenvalue weighted by molar-refractivity contribution is 5.85. The van der Waals surface area contributed by atoms with E-state index in [1.165, 1.54) is 6.07 Å². The van der Waals surface area contributed by atoms with Gasteiger partial charge in [-0.05, 0) is 31.7 Å². The van der Waals surface area contributed by atoms with Crippen molar-refractivity contribution in [3.05, 3.63) is 35.5 Å². The molecule has 0 aliphatic rings. The lowest BCUT2D eigenvalue weighted by Crippen LogP contribution is -2.18. The fourth-order valence-electron chi connectivity index (χ4n) is 2.16. The average Bonchev–Trinajstić information content (AvgIpc) is 2.97. The normalized spacial score (nSPS) is 10.8. The maximum atomic E-state index is 12.4. The van der Waals surface area contributed by atoms with Crippen LogP contribution in [-0.2, 0) is 19.6 Å². The summed E-state index contributed by atoms with van der Waals surface area (Å²) in [6.07, 6.45) is 0. The number of halogens is 3. The molecular formula is C15H21ClF2N4O3. The quantitative estimate of drug-likeness (QED) is 0.717. The molecule has 0 saturated carbocycles. The van der Waals surface area contributed by atoms with Crippen molar-refractivity contribution >= 4 is 12.4 Å². The van der Waals surface area contributed by atoms with E-state index in [4.69, 9.17) is 15.0 Å². The van der Waals surface area contributed by atoms with Gasteiger partial charge in [-0.2, -0.15) is 13.8 Å². The molecule has 140 valence electrons. The van der Waals surface area contributed by atoms with Crippen molar-refractivity contribution < 1.29 is 22.8 Å². The molecule has 0 unspecified atom stereocenters. The monoisotopic (exact) mass is 378 g/mol. The zero-order valence-corrected chi connectivity index (χ0v) is 14.8. The summed E-state index contributed by atoms with van der Waals surface area (Å²) >= 11 is 0. The van der Waals surface area contributed by atoms with Gasteiger partial charge in [-0.1, -0.05) is 11.2 Å². The van der Waals surface area contributed by atoms with Gasteiger partial charge in [0.2, 0.25) is 5.89 Å². The van der Waals surface area contributed by atoms with Crippen LogP contribution in [0.15, 0.2) is 22.7 Å². The molecule has 0 aliphatic heterocycles. The van der Waals surface area contributed by atoms with E-state index in [1.807, 2.05) is 11.9 Å². The van der Waals surface area contributed by atoms with E-state index in [1.54, 1.807) is 19.1 Å². The summed E-state index contributed by atoms with van der Waals surface area (Å²) in [4.78, 5) is 6.08. The van der Waals surface area contributed by atoms with E-state index in [0.29, 0.717) is 31.4 Å². The second-order valence-electron chi connectivity index (χ2n) is 5.07. The van der Waals surface area contributed by atoms with E-state index < -0.39 is 6.61 Å². The molecule has 7 nitrogen and oxygen atoms in total. The van der Waals surface area contributed by atoms with Crippen LogP contribution in [0.25, 0.3) is 0 Å². The molecule has 0 fully saturated rings. The first-order chi connectivity index (χ1) is 11.5. The van der Waals surface area contributed by atoms with Gasteiger partial charge in [-0.25, -0.2) is 0 Å². The summed E-state index contributed by atoms with van der Waals surface area (Å²) in [5.74, 6) is 1.21. The maximum Gasteiger partial charge on any atom is 0.387 e. The Hall–Kier alpha value is -1.97. The highest BCUT2D eigenvalue weighted by Gasteiger charge is 2.13. The number of hydrogen-bond donors (Lipinski definition) is 1. The van der Waals surface area contributed by atoms with Crippen molar-refractivity contribution in [2.45, 2.75) is 33.2 Å². The Morgan fingerprint density at radius 2 is 2.04 bits per heavy atom. The number of benzene rings is 1. The first kappa shape index (κ1) is 21.1. The Morgan fingerprint density at radius 3 is 2.64 bits per heavy atom. The Bertz CT molecular complexity index is 657. The smallest absolute Gasteiger partial charge is 0.387 e. The van der Waals surface area contributed by atoms with Crippen molar-refractivity contribution in [2.24, 2.45) is 5.73 Å². The first-order valence-electron chi connectivity index (χ1n) is 7.42. The minimum Gasteiger partial charge on any atom is -0.490 e. The lowest BCUT2D eigenvalue weighted by molar-refractivity contribution is -0.0514. The van der Waals surface area contributed by atoms with Crippen molar-refractivity contribution in [1.29, 1.82) is 0 Å². The summed E-state index contributed by atoms with van der Waals surface area (Å²) < 4.78 is 39.6. The fourth-order valence-corrected chi connectivity index (χ4v) is 2.16. The van der Waals surface area contributed by atoms with E-state index >= 15 is 0 Å². The van der Waals surface area contributed by atoms with Crippen LogP contribution in [0.3, 0.4) is 0 Å². The summed E-state index contributed by atoms with van der Waals surface area (Å²) in [5, 5.41) is 3.83. The predicted molar refractivity (Wildman–Crippen MR) is 88.9 cm³/mol. The van der Waals surface area contributed by atoms with Crippen molar-refractivity contribution in [3.63, 3.8) is 0 Å². The number of alkyl halides is 2. The Balaban J connectivity index is 0.00000312. The molecule has 0 aliphatic carbocycles. The van der Waals surface area contributed by atoms with E-state index in [0.717, 1.165) is 5.56 Å². The summed E-state index contributed by atoms with van der Waals surface area (Å²) in [6, 6.07) is 4.86. The third-order valence-corrected chi connectivity index (χ3v) is 3.07. The molecule has 2 aromatic rings. The topological polar surface area (TPSA) is 86.6 Å². The third kappa shape index (κ3) is 6.45. The average molecular weight is 379 g/mol. The lowest BCUT2D eigenvalue weighted by atomic mass is 10.2.